The lowest BCUT2D eigenvalue weighted by Gasteiger charge is -2.48. The number of hydrogen-bond acceptors (Lipinski definition) is 9. The molecule has 2 aliphatic heterocycles. The van der Waals surface area contributed by atoms with E-state index in [0.29, 0.717) is 32.0 Å². The smallest absolute Gasteiger partial charge is 0.254 e. The number of aryl methyl sites for hydroxylation is 1. The van der Waals surface area contributed by atoms with Gasteiger partial charge in [0.25, 0.3) is 5.56 Å². The van der Waals surface area contributed by atoms with Crippen molar-refractivity contribution >= 4 is 34.1 Å². The third-order valence-electron chi connectivity index (χ3n) is 9.91. The summed E-state index contributed by atoms with van der Waals surface area (Å²) >= 11 is 0. The maximum absolute atomic E-state index is 13.8. The molecule has 1 aliphatic carbocycles. The molecule has 4 heterocycles. The molecule has 2 saturated heterocycles. The van der Waals surface area contributed by atoms with Crippen LogP contribution in [0.25, 0.3) is 10.8 Å². The van der Waals surface area contributed by atoms with Crippen LogP contribution in [0.3, 0.4) is 0 Å². The first-order chi connectivity index (χ1) is 23.5. The van der Waals surface area contributed by atoms with Gasteiger partial charge < -0.3 is 39.6 Å². The summed E-state index contributed by atoms with van der Waals surface area (Å²) in [6.45, 7) is 6.92. The minimum Gasteiger partial charge on any atom is -0.497 e. The standard InChI is InChI=1S/C37H44N6O6/c1-23-14-28(16-33(45)42(23)4)49-22-36-18-37(19-36,43(21-36)35(46)24(2)41-25(3)44)20-40-31-9-7-8-30-29(31)12-13-38-34(30)39-17-26-10-11-27(47-5)15-32(26)48-6/h7-16,24,40H,17-22H2,1-6H3,(H,38,39)(H,41,44). The average molecular weight is 669 g/mol. The molecule has 1 saturated carbocycles. The van der Waals surface area contributed by atoms with Gasteiger partial charge in [-0.3, -0.25) is 14.4 Å². The van der Waals surface area contributed by atoms with Crippen molar-refractivity contribution in [2.45, 2.75) is 51.7 Å². The number of carbonyl (C=O) groups excluding carboxylic acids is 2. The van der Waals surface area contributed by atoms with Gasteiger partial charge in [0, 0.05) is 85.1 Å². The number of hydrogen-bond donors (Lipinski definition) is 3. The van der Waals surface area contributed by atoms with E-state index in [1.807, 2.05) is 60.4 Å². The van der Waals surface area contributed by atoms with Crippen LogP contribution in [0.2, 0.25) is 0 Å². The zero-order valence-corrected chi connectivity index (χ0v) is 28.9. The summed E-state index contributed by atoms with van der Waals surface area (Å²) in [6.07, 6.45) is 3.25. The number of rotatable bonds is 13. The molecule has 1 unspecified atom stereocenters. The molecule has 0 radical (unpaired) electrons. The Morgan fingerprint density at radius 3 is 2.51 bits per heavy atom. The van der Waals surface area contributed by atoms with Crippen LogP contribution in [0.5, 0.6) is 17.2 Å². The van der Waals surface area contributed by atoms with E-state index in [-0.39, 0.29) is 22.8 Å². The number of carbonyl (C=O) groups is 2. The first-order valence-electron chi connectivity index (χ1n) is 16.4. The molecule has 49 heavy (non-hydrogen) atoms. The molecule has 2 amide bonds. The van der Waals surface area contributed by atoms with E-state index in [1.165, 1.54) is 13.0 Å². The Bertz CT molecular complexity index is 1950. The summed E-state index contributed by atoms with van der Waals surface area (Å²) in [5, 5.41) is 11.8. The van der Waals surface area contributed by atoms with Gasteiger partial charge in [-0.2, -0.15) is 0 Å². The molecule has 2 aromatic heterocycles. The van der Waals surface area contributed by atoms with E-state index < -0.39 is 11.6 Å². The van der Waals surface area contributed by atoms with Gasteiger partial charge in [-0.05, 0) is 57.0 Å². The Kier molecular flexibility index (Phi) is 9.15. The SMILES string of the molecule is COc1ccc(CNc2nccc3c(NCC45CC(COc6cc(C)n(C)c(=O)c6)(CN4C(=O)C(C)NC(C)=O)C5)cccc23)c(OC)c1. The van der Waals surface area contributed by atoms with Gasteiger partial charge in [0.2, 0.25) is 11.8 Å². The van der Waals surface area contributed by atoms with Gasteiger partial charge in [-0.25, -0.2) is 4.98 Å². The fourth-order valence-electron chi connectivity index (χ4n) is 7.43. The predicted octanol–water partition coefficient (Wildman–Crippen LogP) is 4.25. The molecule has 12 heteroatoms. The Balaban J connectivity index is 1.20. The van der Waals surface area contributed by atoms with Gasteiger partial charge >= 0.3 is 0 Å². The van der Waals surface area contributed by atoms with Crippen molar-refractivity contribution in [2.24, 2.45) is 12.5 Å². The van der Waals surface area contributed by atoms with Crippen LogP contribution >= 0.6 is 0 Å². The Labute approximate surface area is 285 Å². The van der Waals surface area contributed by atoms with E-state index in [9.17, 15) is 14.4 Å². The number of pyridine rings is 2. The van der Waals surface area contributed by atoms with Crippen molar-refractivity contribution in [3.63, 3.8) is 0 Å². The van der Waals surface area contributed by atoms with Crippen LogP contribution in [-0.4, -0.2) is 71.8 Å². The summed E-state index contributed by atoms with van der Waals surface area (Å²) < 4.78 is 18.7. The zero-order valence-electron chi connectivity index (χ0n) is 28.9. The van der Waals surface area contributed by atoms with Gasteiger partial charge in [-0.15, -0.1) is 0 Å². The predicted molar refractivity (Wildman–Crippen MR) is 188 cm³/mol. The number of ether oxygens (including phenoxy) is 3. The minimum absolute atomic E-state index is 0.122. The van der Waals surface area contributed by atoms with Crippen molar-refractivity contribution in [2.75, 3.05) is 44.5 Å². The van der Waals surface area contributed by atoms with Crippen LogP contribution in [0.1, 0.15) is 37.9 Å². The van der Waals surface area contributed by atoms with E-state index in [4.69, 9.17) is 14.2 Å². The highest BCUT2D eigenvalue weighted by Crippen LogP contribution is 2.59. The monoisotopic (exact) mass is 668 g/mol. The number of anilines is 2. The molecular weight excluding hydrogens is 624 g/mol. The maximum Gasteiger partial charge on any atom is 0.254 e. The van der Waals surface area contributed by atoms with Crippen LogP contribution in [0.4, 0.5) is 11.5 Å². The highest BCUT2D eigenvalue weighted by molar-refractivity contribution is 6.00. The minimum atomic E-state index is -0.659. The summed E-state index contributed by atoms with van der Waals surface area (Å²) in [6, 6.07) is 16.5. The second kappa shape index (κ2) is 13.3. The number of nitrogens with zero attached hydrogens (tertiary/aromatic N) is 3. The van der Waals surface area contributed by atoms with Crippen molar-refractivity contribution < 1.29 is 23.8 Å². The molecule has 3 fully saturated rings. The van der Waals surface area contributed by atoms with Crippen LogP contribution in [-0.2, 0) is 23.2 Å². The topological polar surface area (TPSA) is 136 Å². The van der Waals surface area contributed by atoms with Gasteiger partial charge in [0.15, 0.2) is 0 Å². The average Bonchev–Trinajstić information content (AvgIpc) is 3.57. The van der Waals surface area contributed by atoms with Crippen molar-refractivity contribution in [3.05, 3.63) is 82.4 Å². The quantitative estimate of drug-likeness (QED) is 0.191. The molecule has 7 rings (SSSR count). The van der Waals surface area contributed by atoms with Crippen LogP contribution in [0, 0.1) is 12.3 Å². The Hall–Kier alpha value is -5.26. The first-order valence-corrected chi connectivity index (χ1v) is 16.4. The Morgan fingerprint density at radius 1 is 1.00 bits per heavy atom. The number of fused-ring (bicyclic) bond motifs is 2. The molecule has 12 nitrogen and oxygen atoms in total. The van der Waals surface area contributed by atoms with Crippen molar-refractivity contribution in [1.82, 2.24) is 19.8 Å². The molecule has 0 spiro atoms. The summed E-state index contributed by atoms with van der Waals surface area (Å²) in [4.78, 5) is 44.5. The van der Waals surface area contributed by atoms with Crippen molar-refractivity contribution in [3.8, 4) is 17.2 Å². The second-order valence-corrected chi connectivity index (χ2v) is 13.4. The van der Waals surface area contributed by atoms with Crippen LogP contribution < -0.4 is 35.7 Å². The number of methoxy groups -OCH3 is 2. The first kappa shape index (κ1) is 33.6. The fourth-order valence-corrected chi connectivity index (χ4v) is 7.43. The molecule has 2 aromatic carbocycles. The molecule has 258 valence electrons. The molecule has 4 aromatic rings. The van der Waals surface area contributed by atoms with Gasteiger partial charge in [0.1, 0.15) is 29.1 Å². The summed E-state index contributed by atoms with van der Waals surface area (Å²) in [7, 11) is 4.99. The lowest BCUT2D eigenvalue weighted by Crippen LogP contribution is -2.59. The van der Waals surface area contributed by atoms with Gasteiger partial charge in [-0.1, -0.05) is 12.1 Å². The summed E-state index contributed by atoms with van der Waals surface area (Å²) in [5.74, 6) is 2.34. The lowest BCUT2D eigenvalue weighted by molar-refractivity contribution is -0.138. The normalized spacial score (nSPS) is 19.9. The largest absolute Gasteiger partial charge is 0.497 e. The Morgan fingerprint density at radius 2 is 1.80 bits per heavy atom. The molecule has 3 N–H and O–H groups in total. The van der Waals surface area contributed by atoms with Crippen molar-refractivity contribution in [1.29, 1.82) is 0 Å². The van der Waals surface area contributed by atoms with E-state index in [0.717, 1.165) is 57.9 Å². The third-order valence-corrected chi connectivity index (χ3v) is 9.91. The molecule has 1 atom stereocenters. The molecule has 3 aliphatic rings. The number of benzene rings is 2. The van der Waals surface area contributed by atoms with E-state index in [2.05, 4.69) is 20.9 Å². The summed E-state index contributed by atoms with van der Waals surface area (Å²) in [5.41, 5.74) is 1.86. The van der Waals surface area contributed by atoms with E-state index in [1.54, 1.807) is 39.0 Å². The fraction of sp³-hybridized carbons (Fsp3) is 0.405. The number of aromatic nitrogens is 2. The second-order valence-electron chi connectivity index (χ2n) is 13.4. The maximum atomic E-state index is 13.8. The van der Waals surface area contributed by atoms with Crippen LogP contribution in [0.15, 0.2) is 65.6 Å². The van der Waals surface area contributed by atoms with Gasteiger partial charge in [0.05, 0.1) is 26.4 Å². The lowest BCUT2D eigenvalue weighted by atomic mass is 9.62. The van der Waals surface area contributed by atoms with E-state index >= 15 is 0 Å². The highest BCUT2D eigenvalue weighted by Gasteiger charge is 2.67. The zero-order chi connectivity index (χ0) is 34.9. The third kappa shape index (κ3) is 6.59. The number of amides is 2. The highest BCUT2D eigenvalue weighted by atomic mass is 16.5. The molecular formula is C37H44N6O6. The number of nitrogens with one attached hydrogen (secondary N) is 3. The molecule has 2 bridgehead atoms.